The molecule has 0 amide bonds. The average Bonchev–Trinajstić information content (AvgIpc) is 3.38. The number of rotatable bonds is 6. The molecule has 9 heteroatoms. The number of benzene rings is 2. The maximum atomic E-state index is 13.1. The Balaban J connectivity index is 1.62. The second kappa shape index (κ2) is 7.03. The standard InChI is InChI=1S/C18H15ClFN3O3S/c19-16-4-2-1-3-15(16)18-22-21-17(26-18)11-23(13-7-8-13)27(24,25)14-9-5-12(20)6-10-14/h1-6,9-10,13H,7-8,11H2. The van der Waals surface area contributed by atoms with Crippen LogP contribution in [0.15, 0.2) is 57.8 Å². The molecule has 1 saturated carbocycles. The van der Waals surface area contributed by atoms with E-state index in [0.29, 0.717) is 10.6 Å². The van der Waals surface area contributed by atoms with Gasteiger partial charge in [0.05, 0.1) is 22.0 Å². The van der Waals surface area contributed by atoms with Crippen molar-refractivity contribution < 1.29 is 17.2 Å². The first-order chi connectivity index (χ1) is 12.9. The molecule has 0 N–H and O–H groups in total. The predicted molar refractivity (Wildman–Crippen MR) is 96.9 cm³/mol. The lowest BCUT2D eigenvalue weighted by molar-refractivity contribution is 0.351. The lowest BCUT2D eigenvalue weighted by Gasteiger charge is -2.20. The third-order valence-corrected chi connectivity index (χ3v) is 6.48. The van der Waals surface area contributed by atoms with Crippen LogP contribution in [0.2, 0.25) is 5.02 Å². The Morgan fingerprint density at radius 1 is 1.11 bits per heavy atom. The summed E-state index contributed by atoms with van der Waals surface area (Å²) in [5, 5.41) is 8.40. The van der Waals surface area contributed by atoms with Gasteiger partial charge >= 0.3 is 0 Å². The Morgan fingerprint density at radius 2 is 1.81 bits per heavy atom. The summed E-state index contributed by atoms with van der Waals surface area (Å²) in [6, 6.07) is 11.7. The van der Waals surface area contributed by atoms with Gasteiger partial charge < -0.3 is 4.42 Å². The van der Waals surface area contributed by atoms with Crippen molar-refractivity contribution in [1.82, 2.24) is 14.5 Å². The normalized spacial score (nSPS) is 14.6. The van der Waals surface area contributed by atoms with E-state index in [4.69, 9.17) is 16.0 Å². The number of hydrogen-bond acceptors (Lipinski definition) is 5. The summed E-state index contributed by atoms with van der Waals surface area (Å²) in [7, 11) is -3.80. The summed E-state index contributed by atoms with van der Waals surface area (Å²) >= 11 is 6.13. The molecule has 1 fully saturated rings. The van der Waals surface area contributed by atoms with Crippen molar-refractivity contribution in [3.63, 3.8) is 0 Å². The van der Waals surface area contributed by atoms with Gasteiger partial charge in [0.1, 0.15) is 5.82 Å². The Kier molecular flexibility index (Phi) is 4.71. The number of halogens is 2. The molecule has 0 radical (unpaired) electrons. The van der Waals surface area contributed by atoms with Crippen LogP contribution in [-0.4, -0.2) is 29.0 Å². The third kappa shape index (κ3) is 3.73. The second-order valence-corrected chi connectivity index (χ2v) is 8.51. The van der Waals surface area contributed by atoms with Gasteiger partial charge in [-0.3, -0.25) is 0 Å². The quantitative estimate of drug-likeness (QED) is 0.619. The molecule has 0 spiro atoms. The van der Waals surface area contributed by atoms with E-state index in [1.54, 1.807) is 24.3 Å². The fourth-order valence-corrected chi connectivity index (χ4v) is 4.56. The summed E-state index contributed by atoms with van der Waals surface area (Å²) in [6.07, 6.45) is 1.51. The zero-order valence-electron chi connectivity index (χ0n) is 14.0. The molecule has 3 aromatic rings. The minimum atomic E-state index is -3.80. The Bertz CT molecular complexity index is 1070. The van der Waals surface area contributed by atoms with Gasteiger partial charge in [-0.1, -0.05) is 23.7 Å². The highest BCUT2D eigenvalue weighted by Gasteiger charge is 2.39. The number of hydrogen-bond donors (Lipinski definition) is 0. The second-order valence-electron chi connectivity index (χ2n) is 6.22. The predicted octanol–water partition coefficient (Wildman–Crippen LogP) is 3.88. The van der Waals surface area contributed by atoms with E-state index in [2.05, 4.69) is 10.2 Å². The van der Waals surface area contributed by atoms with Gasteiger partial charge in [-0.05, 0) is 49.2 Å². The molecule has 0 unspecified atom stereocenters. The van der Waals surface area contributed by atoms with Crippen LogP contribution in [0, 0.1) is 5.82 Å². The first kappa shape index (κ1) is 18.1. The largest absolute Gasteiger partial charge is 0.419 e. The van der Waals surface area contributed by atoms with Crippen molar-refractivity contribution in [3.8, 4) is 11.5 Å². The molecule has 1 heterocycles. The maximum Gasteiger partial charge on any atom is 0.249 e. The van der Waals surface area contributed by atoms with Gasteiger partial charge in [0.15, 0.2) is 0 Å². The zero-order chi connectivity index (χ0) is 19.0. The highest BCUT2D eigenvalue weighted by molar-refractivity contribution is 7.89. The summed E-state index contributed by atoms with van der Waals surface area (Å²) in [6.45, 7) is -0.0537. The Morgan fingerprint density at radius 3 is 2.48 bits per heavy atom. The zero-order valence-corrected chi connectivity index (χ0v) is 15.6. The van der Waals surface area contributed by atoms with Gasteiger partial charge in [-0.25, -0.2) is 12.8 Å². The van der Waals surface area contributed by atoms with Crippen molar-refractivity contribution in [2.75, 3.05) is 0 Å². The van der Waals surface area contributed by atoms with Crippen LogP contribution in [0.5, 0.6) is 0 Å². The molecule has 4 rings (SSSR count). The molecule has 27 heavy (non-hydrogen) atoms. The first-order valence-electron chi connectivity index (χ1n) is 8.30. The smallest absolute Gasteiger partial charge is 0.249 e. The fraction of sp³-hybridized carbons (Fsp3) is 0.222. The molecular weight excluding hydrogens is 393 g/mol. The van der Waals surface area contributed by atoms with Gasteiger partial charge in [-0.2, -0.15) is 4.31 Å². The van der Waals surface area contributed by atoms with E-state index in [1.165, 1.54) is 16.4 Å². The fourth-order valence-electron chi connectivity index (χ4n) is 2.71. The molecule has 0 saturated heterocycles. The SMILES string of the molecule is O=S(=O)(c1ccc(F)cc1)N(Cc1nnc(-c2ccccc2Cl)o1)C1CC1. The van der Waals surface area contributed by atoms with Crippen LogP contribution >= 0.6 is 11.6 Å². The van der Waals surface area contributed by atoms with Crippen molar-refractivity contribution in [2.24, 2.45) is 0 Å². The molecule has 140 valence electrons. The van der Waals surface area contributed by atoms with Crippen molar-refractivity contribution in [1.29, 1.82) is 0 Å². The molecular formula is C18H15ClFN3O3S. The molecule has 1 aliphatic carbocycles. The molecule has 0 atom stereocenters. The van der Waals surface area contributed by atoms with Crippen molar-refractivity contribution >= 4 is 21.6 Å². The number of aromatic nitrogens is 2. The minimum Gasteiger partial charge on any atom is -0.419 e. The van der Waals surface area contributed by atoms with Crippen LogP contribution in [-0.2, 0) is 16.6 Å². The molecule has 1 aromatic heterocycles. The lowest BCUT2D eigenvalue weighted by Crippen LogP contribution is -2.32. The van der Waals surface area contributed by atoms with Crippen LogP contribution in [0.4, 0.5) is 4.39 Å². The van der Waals surface area contributed by atoms with E-state index in [1.807, 2.05) is 0 Å². The molecule has 0 aliphatic heterocycles. The van der Waals surface area contributed by atoms with Gasteiger partial charge in [0.25, 0.3) is 0 Å². The molecule has 0 bridgehead atoms. The van der Waals surface area contributed by atoms with Crippen LogP contribution in [0.25, 0.3) is 11.5 Å². The summed E-state index contributed by atoms with van der Waals surface area (Å²) < 4.78 is 46.0. The minimum absolute atomic E-state index is 0.0293. The molecule has 2 aromatic carbocycles. The number of nitrogens with zero attached hydrogens (tertiary/aromatic N) is 3. The Hall–Kier alpha value is -2.29. The summed E-state index contributed by atoms with van der Waals surface area (Å²) in [5.74, 6) is -0.0961. The molecule has 6 nitrogen and oxygen atoms in total. The van der Waals surface area contributed by atoms with Crippen molar-refractivity contribution in [3.05, 3.63) is 65.3 Å². The summed E-state index contributed by atoms with van der Waals surface area (Å²) in [4.78, 5) is 0.0293. The highest BCUT2D eigenvalue weighted by Crippen LogP contribution is 2.34. The first-order valence-corrected chi connectivity index (χ1v) is 10.1. The van der Waals surface area contributed by atoms with Gasteiger partial charge in [0, 0.05) is 6.04 Å². The van der Waals surface area contributed by atoms with E-state index in [0.717, 1.165) is 25.0 Å². The van der Waals surface area contributed by atoms with E-state index >= 15 is 0 Å². The maximum absolute atomic E-state index is 13.1. The summed E-state index contributed by atoms with van der Waals surface area (Å²) in [5.41, 5.74) is 0.581. The Labute approximate surface area is 160 Å². The molecule has 1 aliphatic rings. The van der Waals surface area contributed by atoms with E-state index in [-0.39, 0.29) is 29.3 Å². The van der Waals surface area contributed by atoms with Gasteiger partial charge in [-0.15, -0.1) is 10.2 Å². The number of sulfonamides is 1. The monoisotopic (exact) mass is 407 g/mol. The third-order valence-electron chi connectivity index (χ3n) is 4.24. The van der Waals surface area contributed by atoms with Crippen LogP contribution < -0.4 is 0 Å². The topological polar surface area (TPSA) is 76.3 Å². The highest BCUT2D eigenvalue weighted by atomic mass is 35.5. The lowest BCUT2D eigenvalue weighted by atomic mass is 10.2. The average molecular weight is 408 g/mol. The van der Waals surface area contributed by atoms with Crippen LogP contribution in [0.3, 0.4) is 0 Å². The van der Waals surface area contributed by atoms with Gasteiger partial charge in [0.2, 0.25) is 21.8 Å². The van der Waals surface area contributed by atoms with Crippen LogP contribution in [0.1, 0.15) is 18.7 Å². The van der Waals surface area contributed by atoms with E-state index < -0.39 is 15.8 Å². The van der Waals surface area contributed by atoms with Crippen molar-refractivity contribution in [2.45, 2.75) is 30.3 Å². The van der Waals surface area contributed by atoms with E-state index in [9.17, 15) is 12.8 Å².